The third-order valence-electron chi connectivity index (χ3n) is 2.54. The number of rotatable bonds is 4. The van der Waals surface area contributed by atoms with Gasteiger partial charge in [-0.25, -0.2) is 4.98 Å². The summed E-state index contributed by atoms with van der Waals surface area (Å²) in [6, 6.07) is 9.83. The van der Waals surface area contributed by atoms with Crippen LogP contribution in [0.5, 0.6) is 11.6 Å². The summed E-state index contributed by atoms with van der Waals surface area (Å²) in [5, 5.41) is 3.08. The predicted molar refractivity (Wildman–Crippen MR) is 76.0 cm³/mol. The largest absolute Gasteiger partial charge is 0.439 e. The molecule has 0 amide bonds. The molecular weight excluding hydrogens is 292 g/mol. The number of pyridine rings is 1. The van der Waals surface area contributed by atoms with Gasteiger partial charge in [0.1, 0.15) is 5.75 Å². The van der Waals surface area contributed by atoms with Crippen molar-refractivity contribution in [2.24, 2.45) is 0 Å². The summed E-state index contributed by atoms with van der Waals surface area (Å²) in [7, 11) is 1.91. The standard InChI is InChI=1S/C14H15BrN2O/c1-10-3-5-12(15)7-13(10)18-14-6-4-11(8-16-2)9-17-14/h3-7,9,16H,8H2,1-2H3. The van der Waals surface area contributed by atoms with E-state index in [0.717, 1.165) is 27.9 Å². The minimum Gasteiger partial charge on any atom is -0.439 e. The molecule has 0 atom stereocenters. The lowest BCUT2D eigenvalue weighted by Crippen LogP contribution is -2.05. The average molecular weight is 307 g/mol. The lowest BCUT2D eigenvalue weighted by molar-refractivity contribution is 0.458. The van der Waals surface area contributed by atoms with Gasteiger partial charge in [0.25, 0.3) is 0 Å². The second kappa shape index (κ2) is 5.98. The van der Waals surface area contributed by atoms with E-state index in [1.165, 1.54) is 0 Å². The highest BCUT2D eigenvalue weighted by molar-refractivity contribution is 9.10. The lowest BCUT2D eigenvalue weighted by atomic mass is 10.2. The summed E-state index contributed by atoms with van der Waals surface area (Å²) in [5.41, 5.74) is 2.22. The SMILES string of the molecule is CNCc1ccc(Oc2cc(Br)ccc2C)nc1. The number of aryl methyl sites for hydroxylation is 1. The van der Waals surface area contributed by atoms with Gasteiger partial charge in [0, 0.05) is 23.3 Å². The summed E-state index contributed by atoms with van der Waals surface area (Å²) >= 11 is 3.43. The Morgan fingerprint density at radius 1 is 1.28 bits per heavy atom. The van der Waals surface area contributed by atoms with Crippen LogP contribution in [0.3, 0.4) is 0 Å². The van der Waals surface area contributed by atoms with Crippen LogP contribution in [-0.4, -0.2) is 12.0 Å². The molecular formula is C14H15BrN2O. The Balaban J connectivity index is 2.15. The molecule has 0 spiro atoms. The molecule has 18 heavy (non-hydrogen) atoms. The van der Waals surface area contributed by atoms with Crippen molar-refractivity contribution in [2.75, 3.05) is 7.05 Å². The van der Waals surface area contributed by atoms with E-state index in [9.17, 15) is 0 Å². The van der Waals surface area contributed by atoms with Gasteiger partial charge in [-0.05, 0) is 37.2 Å². The predicted octanol–water partition coefficient (Wildman–Crippen LogP) is 3.66. The molecule has 2 aromatic rings. The number of nitrogens with zero attached hydrogens (tertiary/aromatic N) is 1. The van der Waals surface area contributed by atoms with Crippen molar-refractivity contribution < 1.29 is 4.74 Å². The van der Waals surface area contributed by atoms with Crippen molar-refractivity contribution >= 4 is 15.9 Å². The Kier molecular flexibility index (Phi) is 4.33. The van der Waals surface area contributed by atoms with Gasteiger partial charge in [-0.3, -0.25) is 0 Å². The van der Waals surface area contributed by atoms with Crippen molar-refractivity contribution in [2.45, 2.75) is 13.5 Å². The highest BCUT2D eigenvalue weighted by atomic mass is 79.9. The fourth-order valence-corrected chi connectivity index (χ4v) is 1.92. The number of halogens is 1. The van der Waals surface area contributed by atoms with Crippen molar-refractivity contribution in [1.82, 2.24) is 10.3 Å². The maximum absolute atomic E-state index is 5.76. The van der Waals surface area contributed by atoms with E-state index >= 15 is 0 Å². The Labute approximate surface area is 115 Å². The molecule has 1 aromatic heterocycles. The van der Waals surface area contributed by atoms with Gasteiger partial charge in [-0.15, -0.1) is 0 Å². The summed E-state index contributed by atoms with van der Waals surface area (Å²) < 4.78 is 6.76. The van der Waals surface area contributed by atoms with E-state index in [2.05, 4.69) is 26.2 Å². The highest BCUT2D eigenvalue weighted by Gasteiger charge is 2.03. The van der Waals surface area contributed by atoms with Crippen LogP contribution in [0.25, 0.3) is 0 Å². The molecule has 0 fully saturated rings. The third-order valence-corrected chi connectivity index (χ3v) is 3.04. The normalized spacial score (nSPS) is 10.4. The van der Waals surface area contributed by atoms with Crippen molar-refractivity contribution in [3.8, 4) is 11.6 Å². The molecule has 0 saturated heterocycles. The van der Waals surface area contributed by atoms with Crippen molar-refractivity contribution in [3.63, 3.8) is 0 Å². The van der Waals surface area contributed by atoms with E-state index in [4.69, 9.17) is 4.74 Å². The number of ether oxygens (including phenoxy) is 1. The summed E-state index contributed by atoms with van der Waals surface area (Å²) in [5.74, 6) is 1.43. The zero-order valence-corrected chi connectivity index (χ0v) is 12.0. The molecule has 3 nitrogen and oxygen atoms in total. The number of hydrogen-bond acceptors (Lipinski definition) is 3. The minimum absolute atomic E-state index is 0.607. The maximum Gasteiger partial charge on any atom is 0.219 e. The van der Waals surface area contributed by atoms with E-state index in [-0.39, 0.29) is 0 Å². The Morgan fingerprint density at radius 2 is 2.11 bits per heavy atom. The van der Waals surface area contributed by atoms with Crippen molar-refractivity contribution in [3.05, 3.63) is 52.1 Å². The summed E-state index contributed by atoms with van der Waals surface area (Å²) in [4.78, 5) is 4.29. The van der Waals surface area contributed by atoms with Crippen LogP contribution in [-0.2, 0) is 6.54 Å². The van der Waals surface area contributed by atoms with E-state index in [1.54, 1.807) is 0 Å². The molecule has 2 rings (SSSR count). The molecule has 0 bridgehead atoms. The summed E-state index contributed by atoms with van der Waals surface area (Å²) in [6.07, 6.45) is 1.82. The molecule has 0 aliphatic heterocycles. The van der Waals surface area contributed by atoms with Crippen LogP contribution in [0.2, 0.25) is 0 Å². The topological polar surface area (TPSA) is 34.1 Å². The van der Waals surface area contributed by atoms with Crippen LogP contribution < -0.4 is 10.1 Å². The quantitative estimate of drug-likeness (QED) is 0.936. The van der Waals surface area contributed by atoms with Crippen molar-refractivity contribution in [1.29, 1.82) is 0 Å². The molecule has 1 N–H and O–H groups in total. The molecule has 0 radical (unpaired) electrons. The zero-order valence-electron chi connectivity index (χ0n) is 10.4. The first-order valence-electron chi connectivity index (χ1n) is 5.72. The fraction of sp³-hybridized carbons (Fsp3) is 0.214. The lowest BCUT2D eigenvalue weighted by Gasteiger charge is -2.08. The Morgan fingerprint density at radius 3 is 2.78 bits per heavy atom. The van der Waals surface area contributed by atoms with Gasteiger partial charge in [0.2, 0.25) is 5.88 Å². The second-order valence-electron chi connectivity index (χ2n) is 4.05. The van der Waals surface area contributed by atoms with E-state index in [0.29, 0.717) is 5.88 Å². The number of hydrogen-bond donors (Lipinski definition) is 1. The average Bonchev–Trinajstić information content (AvgIpc) is 2.37. The number of nitrogens with one attached hydrogen (secondary N) is 1. The molecule has 94 valence electrons. The molecule has 0 unspecified atom stereocenters. The molecule has 0 aliphatic rings. The Bertz CT molecular complexity index is 526. The smallest absolute Gasteiger partial charge is 0.219 e. The van der Waals surface area contributed by atoms with Crippen LogP contribution in [0.15, 0.2) is 41.0 Å². The molecule has 1 heterocycles. The van der Waals surface area contributed by atoms with Gasteiger partial charge in [0.05, 0.1) is 0 Å². The molecule has 0 aliphatic carbocycles. The maximum atomic E-state index is 5.76. The van der Waals surface area contributed by atoms with Crippen LogP contribution in [0.1, 0.15) is 11.1 Å². The van der Waals surface area contributed by atoms with E-state index in [1.807, 2.05) is 50.5 Å². The highest BCUT2D eigenvalue weighted by Crippen LogP contribution is 2.26. The molecule has 4 heteroatoms. The number of benzene rings is 1. The van der Waals surface area contributed by atoms with Gasteiger partial charge in [-0.1, -0.05) is 28.1 Å². The third kappa shape index (κ3) is 3.31. The molecule has 1 aromatic carbocycles. The number of aromatic nitrogens is 1. The molecule has 0 saturated carbocycles. The first-order chi connectivity index (χ1) is 8.69. The van der Waals surface area contributed by atoms with E-state index < -0.39 is 0 Å². The van der Waals surface area contributed by atoms with Crippen LogP contribution in [0, 0.1) is 6.92 Å². The van der Waals surface area contributed by atoms with Gasteiger partial charge in [-0.2, -0.15) is 0 Å². The first kappa shape index (κ1) is 13.1. The summed E-state index contributed by atoms with van der Waals surface area (Å²) in [6.45, 7) is 2.82. The first-order valence-corrected chi connectivity index (χ1v) is 6.52. The van der Waals surface area contributed by atoms with Gasteiger partial charge >= 0.3 is 0 Å². The second-order valence-corrected chi connectivity index (χ2v) is 4.96. The Hall–Kier alpha value is -1.39. The zero-order chi connectivity index (χ0) is 13.0. The van der Waals surface area contributed by atoms with Gasteiger partial charge in [0.15, 0.2) is 0 Å². The minimum atomic E-state index is 0.607. The fourth-order valence-electron chi connectivity index (χ4n) is 1.58. The van der Waals surface area contributed by atoms with Crippen LogP contribution >= 0.6 is 15.9 Å². The monoisotopic (exact) mass is 306 g/mol. The van der Waals surface area contributed by atoms with Gasteiger partial charge < -0.3 is 10.1 Å². The van der Waals surface area contributed by atoms with Crippen LogP contribution in [0.4, 0.5) is 0 Å².